The van der Waals surface area contributed by atoms with Crippen molar-refractivity contribution in [2.24, 2.45) is 5.73 Å². The molecule has 0 spiro atoms. The normalized spacial score (nSPS) is 13.5. The number of ether oxygens (including phenoxy) is 1. The van der Waals surface area contributed by atoms with Gasteiger partial charge in [-0.05, 0) is 26.7 Å². The molecule has 0 aromatic carbocycles. The Kier molecular flexibility index (Phi) is 4.17. The minimum Gasteiger partial charge on any atom is -0.358 e. The molecule has 0 saturated carbocycles. The summed E-state index contributed by atoms with van der Waals surface area (Å²) in [6, 6.07) is 0. The van der Waals surface area contributed by atoms with Gasteiger partial charge in [0.15, 0.2) is 0 Å². The summed E-state index contributed by atoms with van der Waals surface area (Å²) in [4.78, 5) is 0. The van der Waals surface area contributed by atoms with Crippen LogP contribution in [0.2, 0.25) is 0 Å². The van der Waals surface area contributed by atoms with Crippen LogP contribution in [0.25, 0.3) is 0 Å². The van der Waals surface area contributed by atoms with E-state index in [0.29, 0.717) is 0 Å². The molecule has 3 nitrogen and oxygen atoms in total. The summed E-state index contributed by atoms with van der Waals surface area (Å²) in [5.41, 5.74) is 4.19. The standard InChI is InChI=1S/C9H20NO2/c1-5-9(10,6-2)12-7-8(3,4)11/h5-7,10H2,1-4H3. The van der Waals surface area contributed by atoms with Crippen LogP contribution < -0.4 is 5.73 Å². The molecule has 0 bridgehead atoms. The molecule has 12 heavy (non-hydrogen) atoms. The molecule has 0 aliphatic carbocycles. The second-order valence-electron chi connectivity index (χ2n) is 3.82. The van der Waals surface area contributed by atoms with Gasteiger partial charge in [-0.1, -0.05) is 13.8 Å². The van der Waals surface area contributed by atoms with Crippen molar-refractivity contribution in [1.82, 2.24) is 0 Å². The van der Waals surface area contributed by atoms with Crippen molar-refractivity contribution in [3.05, 3.63) is 0 Å². The second-order valence-corrected chi connectivity index (χ2v) is 3.82. The molecule has 0 saturated heterocycles. The fraction of sp³-hybridized carbons (Fsp3) is 1.00. The lowest BCUT2D eigenvalue weighted by Crippen LogP contribution is -2.44. The van der Waals surface area contributed by atoms with Crippen molar-refractivity contribution < 1.29 is 9.84 Å². The molecule has 1 radical (unpaired) electrons. The van der Waals surface area contributed by atoms with Gasteiger partial charge in [0, 0.05) is 0 Å². The molecular weight excluding hydrogens is 154 g/mol. The molecule has 2 N–H and O–H groups in total. The van der Waals surface area contributed by atoms with E-state index in [1.54, 1.807) is 13.8 Å². The number of nitrogens with two attached hydrogens (primary N) is 1. The average molecular weight is 174 g/mol. The molecule has 0 fully saturated rings. The van der Waals surface area contributed by atoms with E-state index in [-0.39, 0.29) is 6.61 Å². The molecule has 73 valence electrons. The lowest BCUT2D eigenvalue weighted by molar-refractivity contribution is -0.130. The zero-order chi connectivity index (χ0) is 9.83. The van der Waals surface area contributed by atoms with Crippen LogP contribution in [-0.2, 0) is 9.84 Å². The van der Waals surface area contributed by atoms with E-state index >= 15 is 0 Å². The summed E-state index contributed by atoms with van der Waals surface area (Å²) in [6.07, 6.45) is 1.47. The van der Waals surface area contributed by atoms with Crippen LogP contribution in [0.4, 0.5) is 0 Å². The fourth-order valence-electron chi connectivity index (χ4n) is 0.772. The zero-order valence-electron chi connectivity index (χ0n) is 8.52. The maximum atomic E-state index is 11.2. The van der Waals surface area contributed by atoms with Crippen LogP contribution in [-0.4, -0.2) is 17.9 Å². The van der Waals surface area contributed by atoms with Gasteiger partial charge in [0.1, 0.15) is 11.3 Å². The Morgan fingerprint density at radius 2 is 1.67 bits per heavy atom. The van der Waals surface area contributed by atoms with Gasteiger partial charge in [0.25, 0.3) is 0 Å². The SMILES string of the molecule is CCC(N)(CC)OCC(C)(C)[O]. The maximum absolute atomic E-state index is 11.2. The van der Waals surface area contributed by atoms with Crippen LogP contribution >= 0.6 is 0 Å². The summed E-state index contributed by atoms with van der Waals surface area (Å²) in [5, 5.41) is 11.2. The first kappa shape index (κ1) is 11.9. The smallest absolute Gasteiger partial charge is 0.121 e. The summed E-state index contributed by atoms with van der Waals surface area (Å²) < 4.78 is 5.36. The Hall–Kier alpha value is -0.120. The van der Waals surface area contributed by atoms with Crippen molar-refractivity contribution in [3.8, 4) is 0 Å². The van der Waals surface area contributed by atoms with E-state index in [1.807, 2.05) is 13.8 Å². The van der Waals surface area contributed by atoms with Gasteiger partial charge in [-0.15, -0.1) is 0 Å². The largest absolute Gasteiger partial charge is 0.358 e. The summed E-state index contributed by atoms with van der Waals surface area (Å²) in [5.74, 6) is 0. The second kappa shape index (κ2) is 4.21. The van der Waals surface area contributed by atoms with Crippen LogP contribution in [0.5, 0.6) is 0 Å². The Morgan fingerprint density at radius 3 is 1.92 bits per heavy atom. The summed E-state index contributed by atoms with van der Waals surface area (Å²) in [6.45, 7) is 7.28. The highest BCUT2D eigenvalue weighted by Crippen LogP contribution is 2.15. The molecule has 0 rings (SSSR count). The molecule has 0 aromatic heterocycles. The maximum Gasteiger partial charge on any atom is 0.121 e. The predicted molar refractivity (Wildman–Crippen MR) is 48.2 cm³/mol. The highest BCUT2D eigenvalue weighted by molar-refractivity contribution is 4.72. The third-order valence-corrected chi connectivity index (χ3v) is 1.90. The van der Waals surface area contributed by atoms with E-state index in [4.69, 9.17) is 10.5 Å². The quantitative estimate of drug-likeness (QED) is 0.645. The van der Waals surface area contributed by atoms with Crippen LogP contribution in [0.15, 0.2) is 0 Å². The minimum absolute atomic E-state index is 0.172. The number of rotatable bonds is 5. The van der Waals surface area contributed by atoms with E-state index in [1.165, 1.54) is 0 Å². The van der Waals surface area contributed by atoms with Gasteiger partial charge in [0.2, 0.25) is 0 Å². The van der Waals surface area contributed by atoms with Gasteiger partial charge >= 0.3 is 0 Å². The van der Waals surface area contributed by atoms with E-state index in [9.17, 15) is 5.11 Å². The first-order chi connectivity index (χ1) is 5.33. The first-order valence-corrected chi connectivity index (χ1v) is 4.46. The highest BCUT2D eigenvalue weighted by atomic mass is 16.5. The van der Waals surface area contributed by atoms with Crippen molar-refractivity contribution in [2.75, 3.05) is 6.61 Å². The molecule has 0 aliphatic rings. The molecular formula is C9H20NO2. The Morgan fingerprint density at radius 1 is 1.25 bits per heavy atom. The molecule has 0 amide bonds. The van der Waals surface area contributed by atoms with Crippen LogP contribution in [0.3, 0.4) is 0 Å². The zero-order valence-corrected chi connectivity index (χ0v) is 8.52. The molecule has 0 aromatic rings. The third kappa shape index (κ3) is 4.70. The number of hydrogen-bond donors (Lipinski definition) is 1. The monoisotopic (exact) mass is 174 g/mol. The predicted octanol–water partition coefficient (Wildman–Crippen LogP) is 1.69. The van der Waals surface area contributed by atoms with Gasteiger partial charge in [-0.25, -0.2) is 5.11 Å². The van der Waals surface area contributed by atoms with Gasteiger partial charge < -0.3 is 10.5 Å². The van der Waals surface area contributed by atoms with Crippen molar-refractivity contribution >= 4 is 0 Å². The number of hydrogen-bond acceptors (Lipinski definition) is 2. The fourth-order valence-corrected chi connectivity index (χ4v) is 0.772. The minimum atomic E-state index is -1.05. The molecule has 0 aliphatic heterocycles. The van der Waals surface area contributed by atoms with Crippen LogP contribution in [0, 0.1) is 0 Å². The average Bonchev–Trinajstić information content (AvgIpc) is 1.99. The van der Waals surface area contributed by atoms with E-state index in [2.05, 4.69) is 0 Å². The van der Waals surface area contributed by atoms with E-state index < -0.39 is 11.3 Å². The molecule has 0 atom stereocenters. The topological polar surface area (TPSA) is 55.1 Å². The van der Waals surface area contributed by atoms with Gasteiger partial charge in [-0.2, -0.15) is 0 Å². The molecule has 0 unspecified atom stereocenters. The van der Waals surface area contributed by atoms with Gasteiger partial charge in [-0.3, -0.25) is 0 Å². The summed E-state index contributed by atoms with van der Waals surface area (Å²) >= 11 is 0. The Bertz CT molecular complexity index is 125. The lowest BCUT2D eigenvalue weighted by Gasteiger charge is -2.29. The Labute approximate surface area is 74.9 Å². The molecule has 0 heterocycles. The van der Waals surface area contributed by atoms with Crippen molar-refractivity contribution in [3.63, 3.8) is 0 Å². The summed E-state index contributed by atoms with van der Waals surface area (Å²) in [7, 11) is 0. The van der Waals surface area contributed by atoms with Crippen LogP contribution in [0.1, 0.15) is 40.5 Å². The van der Waals surface area contributed by atoms with Crippen molar-refractivity contribution in [1.29, 1.82) is 0 Å². The lowest BCUT2D eigenvalue weighted by atomic mass is 10.1. The third-order valence-electron chi connectivity index (χ3n) is 1.90. The first-order valence-electron chi connectivity index (χ1n) is 4.46. The van der Waals surface area contributed by atoms with Crippen molar-refractivity contribution in [2.45, 2.75) is 51.9 Å². The van der Waals surface area contributed by atoms with Gasteiger partial charge in [0.05, 0.1) is 6.61 Å². The molecule has 3 heteroatoms. The highest BCUT2D eigenvalue weighted by Gasteiger charge is 2.25. The Balaban J connectivity index is 3.89. The van der Waals surface area contributed by atoms with E-state index in [0.717, 1.165) is 12.8 Å².